The molecule has 0 aliphatic carbocycles. The Bertz CT molecular complexity index is 74.5. The molecule has 4 N–H and O–H groups in total. The van der Waals surface area contributed by atoms with Crippen LogP contribution < -0.4 is 11.1 Å². The van der Waals surface area contributed by atoms with Crippen LogP contribution in [0.2, 0.25) is 0 Å². The molecule has 0 saturated carbocycles. The number of nitrogens with two attached hydrogens (primary N) is 1. The van der Waals surface area contributed by atoms with Crippen molar-refractivity contribution in [2.75, 3.05) is 19.7 Å². The minimum Gasteiger partial charge on any atom is -0.396 e. The molecule has 1 unspecified atom stereocenters. The molecule has 0 aromatic rings. The summed E-state index contributed by atoms with van der Waals surface area (Å²) in [4.78, 5) is 0. The summed E-state index contributed by atoms with van der Waals surface area (Å²) in [5, 5.41) is 11.8. The summed E-state index contributed by atoms with van der Waals surface area (Å²) in [6.07, 6.45) is 3.00. The maximum atomic E-state index is 8.49. The number of hydrogen-bond acceptors (Lipinski definition) is 3. The van der Waals surface area contributed by atoms with Crippen LogP contribution >= 0.6 is 0 Å². The molecule has 0 radical (unpaired) electrons. The zero-order valence-electron chi connectivity index (χ0n) is 7.34. The molecule has 68 valence electrons. The lowest BCUT2D eigenvalue weighted by Gasteiger charge is -2.13. The topological polar surface area (TPSA) is 58.3 Å². The molecule has 0 saturated heterocycles. The number of aliphatic hydroxyl groups is 1. The van der Waals surface area contributed by atoms with Crippen molar-refractivity contribution in [2.45, 2.75) is 32.2 Å². The van der Waals surface area contributed by atoms with Gasteiger partial charge < -0.3 is 16.2 Å². The van der Waals surface area contributed by atoms with Crippen LogP contribution in [0, 0.1) is 0 Å². The van der Waals surface area contributed by atoms with Gasteiger partial charge in [-0.15, -0.1) is 0 Å². The number of unbranched alkanes of at least 4 members (excludes halogenated alkanes) is 1. The van der Waals surface area contributed by atoms with Crippen molar-refractivity contribution in [1.82, 2.24) is 5.32 Å². The van der Waals surface area contributed by atoms with Crippen LogP contribution in [0.3, 0.4) is 0 Å². The Kier molecular flexibility index (Phi) is 7.89. The predicted octanol–water partition coefficient (Wildman–Crippen LogP) is 0.0858. The zero-order valence-corrected chi connectivity index (χ0v) is 7.34. The highest BCUT2D eigenvalue weighted by Gasteiger charge is 1.99. The second-order valence-corrected chi connectivity index (χ2v) is 2.73. The molecule has 1 atom stereocenters. The van der Waals surface area contributed by atoms with Gasteiger partial charge in [-0.05, 0) is 25.8 Å². The summed E-state index contributed by atoms with van der Waals surface area (Å²) >= 11 is 0. The first-order chi connectivity index (χ1) is 5.35. The molecule has 0 spiro atoms. The molecular formula is C8H20N2O. The van der Waals surface area contributed by atoms with Gasteiger partial charge in [0.05, 0.1) is 0 Å². The van der Waals surface area contributed by atoms with Crippen LogP contribution in [0.25, 0.3) is 0 Å². The summed E-state index contributed by atoms with van der Waals surface area (Å²) in [6, 6.07) is 0.452. The van der Waals surface area contributed by atoms with Gasteiger partial charge >= 0.3 is 0 Å². The van der Waals surface area contributed by atoms with Gasteiger partial charge in [-0.1, -0.05) is 6.92 Å². The predicted molar refractivity (Wildman–Crippen MR) is 47.5 cm³/mol. The Morgan fingerprint density at radius 3 is 2.64 bits per heavy atom. The minimum absolute atomic E-state index is 0.293. The third-order valence-electron chi connectivity index (χ3n) is 1.80. The van der Waals surface area contributed by atoms with Crippen LogP contribution in [-0.2, 0) is 0 Å². The van der Waals surface area contributed by atoms with Crippen LogP contribution in [0.15, 0.2) is 0 Å². The largest absolute Gasteiger partial charge is 0.396 e. The SMILES string of the molecule is CCC(CN)NCCCCO. The number of aliphatic hydroxyl groups excluding tert-OH is 1. The second kappa shape index (κ2) is 7.98. The summed E-state index contributed by atoms with van der Waals surface area (Å²) in [7, 11) is 0. The number of nitrogens with one attached hydrogen (secondary N) is 1. The van der Waals surface area contributed by atoms with Crippen LogP contribution in [0.4, 0.5) is 0 Å². The first-order valence-corrected chi connectivity index (χ1v) is 4.39. The quantitative estimate of drug-likeness (QED) is 0.462. The van der Waals surface area contributed by atoms with E-state index in [0.717, 1.165) is 25.8 Å². The van der Waals surface area contributed by atoms with E-state index in [4.69, 9.17) is 10.8 Å². The van der Waals surface area contributed by atoms with Crippen molar-refractivity contribution >= 4 is 0 Å². The molecule has 0 aromatic heterocycles. The molecule has 0 rings (SSSR count). The molecule has 0 fully saturated rings. The maximum Gasteiger partial charge on any atom is 0.0431 e. The third kappa shape index (κ3) is 6.28. The van der Waals surface area contributed by atoms with Gasteiger partial charge in [0.1, 0.15) is 0 Å². The van der Waals surface area contributed by atoms with Gasteiger partial charge in [-0.25, -0.2) is 0 Å². The highest BCUT2D eigenvalue weighted by Crippen LogP contribution is 1.89. The van der Waals surface area contributed by atoms with E-state index < -0.39 is 0 Å². The first kappa shape index (κ1) is 10.9. The van der Waals surface area contributed by atoms with E-state index in [2.05, 4.69) is 12.2 Å². The van der Waals surface area contributed by atoms with Crippen molar-refractivity contribution in [3.05, 3.63) is 0 Å². The van der Waals surface area contributed by atoms with Crippen LogP contribution in [-0.4, -0.2) is 30.8 Å². The average molecular weight is 160 g/mol. The van der Waals surface area contributed by atoms with Gasteiger partial charge in [0.15, 0.2) is 0 Å². The third-order valence-corrected chi connectivity index (χ3v) is 1.80. The van der Waals surface area contributed by atoms with Crippen LogP contribution in [0.1, 0.15) is 26.2 Å². The molecular weight excluding hydrogens is 140 g/mol. The fraction of sp³-hybridized carbons (Fsp3) is 1.00. The van der Waals surface area contributed by atoms with E-state index in [-0.39, 0.29) is 0 Å². The van der Waals surface area contributed by atoms with Crippen molar-refractivity contribution < 1.29 is 5.11 Å². The molecule has 0 heterocycles. The zero-order chi connectivity index (χ0) is 8.53. The van der Waals surface area contributed by atoms with E-state index in [1.54, 1.807) is 0 Å². The summed E-state index contributed by atoms with van der Waals surface area (Å²) in [5.74, 6) is 0. The van der Waals surface area contributed by atoms with E-state index in [0.29, 0.717) is 19.2 Å². The smallest absolute Gasteiger partial charge is 0.0431 e. The lowest BCUT2D eigenvalue weighted by molar-refractivity contribution is 0.282. The lowest BCUT2D eigenvalue weighted by Crippen LogP contribution is -2.35. The number of rotatable bonds is 7. The molecule has 11 heavy (non-hydrogen) atoms. The second-order valence-electron chi connectivity index (χ2n) is 2.73. The minimum atomic E-state index is 0.293. The lowest BCUT2D eigenvalue weighted by atomic mass is 10.2. The first-order valence-electron chi connectivity index (χ1n) is 4.39. The fourth-order valence-electron chi connectivity index (χ4n) is 0.937. The van der Waals surface area contributed by atoms with Gasteiger partial charge in [0, 0.05) is 19.2 Å². The van der Waals surface area contributed by atoms with Gasteiger partial charge in [-0.3, -0.25) is 0 Å². The van der Waals surface area contributed by atoms with Crippen LogP contribution in [0.5, 0.6) is 0 Å². The Balaban J connectivity index is 3.07. The van der Waals surface area contributed by atoms with Crippen molar-refractivity contribution in [2.24, 2.45) is 5.73 Å². The average Bonchev–Trinajstić information content (AvgIpc) is 2.05. The Labute approximate surface area is 69.0 Å². The van der Waals surface area contributed by atoms with E-state index in [1.165, 1.54) is 0 Å². The van der Waals surface area contributed by atoms with E-state index in [9.17, 15) is 0 Å². The number of hydrogen-bond donors (Lipinski definition) is 3. The molecule has 0 aliphatic heterocycles. The molecule has 0 aliphatic rings. The Morgan fingerprint density at radius 1 is 1.45 bits per heavy atom. The van der Waals surface area contributed by atoms with Gasteiger partial charge in [-0.2, -0.15) is 0 Å². The summed E-state index contributed by atoms with van der Waals surface area (Å²) < 4.78 is 0. The monoisotopic (exact) mass is 160 g/mol. The maximum absolute atomic E-state index is 8.49. The molecule has 3 nitrogen and oxygen atoms in total. The van der Waals surface area contributed by atoms with E-state index >= 15 is 0 Å². The molecule has 0 aromatic carbocycles. The van der Waals surface area contributed by atoms with Gasteiger partial charge in [0.25, 0.3) is 0 Å². The Morgan fingerprint density at radius 2 is 2.18 bits per heavy atom. The summed E-state index contributed by atoms with van der Waals surface area (Å²) in [5.41, 5.74) is 5.49. The molecule has 3 heteroatoms. The highest BCUT2D eigenvalue weighted by atomic mass is 16.2. The van der Waals surface area contributed by atoms with Crippen molar-refractivity contribution in [3.8, 4) is 0 Å². The van der Waals surface area contributed by atoms with E-state index in [1.807, 2.05) is 0 Å². The normalized spacial score (nSPS) is 13.4. The van der Waals surface area contributed by atoms with Crippen molar-refractivity contribution in [1.29, 1.82) is 0 Å². The summed E-state index contributed by atoms with van der Waals surface area (Å²) in [6.45, 7) is 4.09. The highest BCUT2D eigenvalue weighted by molar-refractivity contribution is 4.64. The molecule has 0 amide bonds. The van der Waals surface area contributed by atoms with Gasteiger partial charge in [0.2, 0.25) is 0 Å². The molecule has 0 bridgehead atoms. The van der Waals surface area contributed by atoms with Crippen molar-refractivity contribution in [3.63, 3.8) is 0 Å². The fourth-order valence-corrected chi connectivity index (χ4v) is 0.937. The Hall–Kier alpha value is -0.120. The standard InChI is InChI=1S/C8H20N2O/c1-2-8(7-9)10-5-3-4-6-11/h8,10-11H,2-7,9H2,1H3.